The maximum absolute atomic E-state index is 12.3. The molecule has 0 atom stereocenters. The van der Waals surface area contributed by atoms with Gasteiger partial charge >= 0.3 is 0 Å². The van der Waals surface area contributed by atoms with Crippen molar-refractivity contribution in [2.75, 3.05) is 6.61 Å². The van der Waals surface area contributed by atoms with Gasteiger partial charge in [0.15, 0.2) is 5.11 Å². The minimum Gasteiger partial charge on any atom is -0.494 e. The standard InChI is InChI=1S/C20H22Cl2N2O2S/c1-13(2)9-10-26-17-7-4-14(5-8-17)19(25)24-20(27)23-12-15-3-6-16(21)11-18(15)22/h3-8,11,13H,9-10,12H2,1-2H3,(H2,23,24,25,27). The Labute approximate surface area is 175 Å². The van der Waals surface area contributed by atoms with E-state index in [1.165, 1.54) is 0 Å². The lowest BCUT2D eigenvalue weighted by molar-refractivity contribution is 0.0976. The minimum atomic E-state index is -0.288. The number of halogens is 2. The van der Waals surface area contributed by atoms with Crippen LogP contribution in [0.15, 0.2) is 42.5 Å². The van der Waals surface area contributed by atoms with Crippen LogP contribution in [-0.4, -0.2) is 17.6 Å². The van der Waals surface area contributed by atoms with Crippen molar-refractivity contribution in [3.63, 3.8) is 0 Å². The van der Waals surface area contributed by atoms with Gasteiger partial charge in [-0.3, -0.25) is 10.1 Å². The number of nitrogens with one attached hydrogen (secondary N) is 2. The molecule has 0 unspecified atom stereocenters. The molecule has 7 heteroatoms. The van der Waals surface area contributed by atoms with Gasteiger partial charge in [0.1, 0.15) is 5.75 Å². The van der Waals surface area contributed by atoms with Gasteiger partial charge in [0.2, 0.25) is 0 Å². The summed E-state index contributed by atoms with van der Waals surface area (Å²) >= 11 is 17.2. The first-order chi connectivity index (χ1) is 12.8. The fourth-order valence-electron chi connectivity index (χ4n) is 2.18. The Bertz CT molecular complexity index is 795. The van der Waals surface area contributed by atoms with Crippen molar-refractivity contribution in [2.45, 2.75) is 26.8 Å². The molecule has 2 aromatic rings. The normalized spacial score (nSPS) is 10.6. The SMILES string of the molecule is CC(C)CCOc1ccc(C(=O)NC(=S)NCc2ccc(Cl)cc2Cl)cc1. The van der Waals surface area contributed by atoms with Crippen molar-refractivity contribution in [2.24, 2.45) is 5.92 Å². The van der Waals surface area contributed by atoms with Crippen LogP contribution >= 0.6 is 35.4 Å². The first kappa shape index (κ1) is 21.5. The molecule has 0 saturated carbocycles. The van der Waals surface area contributed by atoms with E-state index in [4.69, 9.17) is 40.2 Å². The Morgan fingerprint density at radius 3 is 2.48 bits per heavy atom. The van der Waals surface area contributed by atoms with Crippen LogP contribution in [0.5, 0.6) is 5.75 Å². The molecular formula is C20H22Cl2N2O2S. The van der Waals surface area contributed by atoms with Crippen molar-refractivity contribution in [3.05, 3.63) is 63.6 Å². The molecule has 0 aliphatic rings. The first-order valence-electron chi connectivity index (χ1n) is 8.61. The molecule has 2 N–H and O–H groups in total. The second-order valence-electron chi connectivity index (χ2n) is 6.43. The zero-order valence-electron chi connectivity index (χ0n) is 15.2. The molecule has 4 nitrogen and oxygen atoms in total. The molecule has 0 aromatic heterocycles. The fourth-order valence-corrected chi connectivity index (χ4v) is 2.82. The van der Waals surface area contributed by atoms with Crippen LogP contribution in [0.2, 0.25) is 10.0 Å². The van der Waals surface area contributed by atoms with E-state index in [1.54, 1.807) is 42.5 Å². The summed E-state index contributed by atoms with van der Waals surface area (Å²) in [5, 5.41) is 6.93. The number of rotatable bonds is 7. The highest BCUT2D eigenvalue weighted by molar-refractivity contribution is 7.80. The maximum Gasteiger partial charge on any atom is 0.257 e. The van der Waals surface area contributed by atoms with Crippen LogP contribution in [0.4, 0.5) is 0 Å². The lowest BCUT2D eigenvalue weighted by Gasteiger charge is -2.11. The molecule has 144 valence electrons. The third-order valence-electron chi connectivity index (χ3n) is 3.76. The third-order valence-corrected chi connectivity index (χ3v) is 4.60. The lowest BCUT2D eigenvalue weighted by Crippen LogP contribution is -2.38. The summed E-state index contributed by atoms with van der Waals surface area (Å²) < 4.78 is 5.65. The quantitative estimate of drug-likeness (QED) is 0.597. The van der Waals surface area contributed by atoms with Crippen LogP contribution < -0.4 is 15.4 Å². The van der Waals surface area contributed by atoms with E-state index in [0.29, 0.717) is 34.7 Å². The summed E-state index contributed by atoms with van der Waals surface area (Å²) in [6.07, 6.45) is 0.986. The topological polar surface area (TPSA) is 50.4 Å². The molecule has 1 amide bonds. The zero-order valence-corrected chi connectivity index (χ0v) is 17.5. The molecule has 0 aliphatic heterocycles. The molecule has 0 spiro atoms. The Morgan fingerprint density at radius 2 is 1.85 bits per heavy atom. The highest BCUT2D eigenvalue weighted by Gasteiger charge is 2.09. The molecule has 0 fully saturated rings. The molecule has 2 aromatic carbocycles. The first-order valence-corrected chi connectivity index (χ1v) is 9.77. The van der Waals surface area contributed by atoms with Crippen LogP contribution in [0.1, 0.15) is 36.2 Å². The van der Waals surface area contributed by atoms with Gasteiger partial charge < -0.3 is 10.1 Å². The predicted octanol–water partition coefficient (Wildman–Crippen LogP) is 5.22. The summed E-state index contributed by atoms with van der Waals surface area (Å²) in [6.45, 7) is 5.34. The van der Waals surface area contributed by atoms with Crippen molar-refractivity contribution < 1.29 is 9.53 Å². The van der Waals surface area contributed by atoms with Gasteiger partial charge in [-0.15, -0.1) is 0 Å². The Hall–Kier alpha value is -1.82. The van der Waals surface area contributed by atoms with E-state index < -0.39 is 0 Å². The molecule has 0 heterocycles. The number of hydrogen-bond donors (Lipinski definition) is 2. The number of carbonyl (C=O) groups is 1. The van der Waals surface area contributed by atoms with E-state index in [9.17, 15) is 4.79 Å². The number of thiocarbonyl (C=S) groups is 1. The van der Waals surface area contributed by atoms with Crippen LogP contribution in [0.25, 0.3) is 0 Å². The van der Waals surface area contributed by atoms with E-state index in [2.05, 4.69) is 24.5 Å². The van der Waals surface area contributed by atoms with Crippen LogP contribution in [0.3, 0.4) is 0 Å². The lowest BCUT2D eigenvalue weighted by atomic mass is 10.1. The monoisotopic (exact) mass is 424 g/mol. The van der Waals surface area contributed by atoms with E-state index >= 15 is 0 Å². The number of benzene rings is 2. The average Bonchev–Trinajstić information content (AvgIpc) is 2.61. The van der Waals surface area contributed by atoms with Crippen molar-refractivity contribution in [1.29, 1.82) is 0 Å². The van der Waals surface area contributed by atoms with Gasteiger partial charge in [-0.2, -0.15) is 0 Å². The highest BCUT2D eigenvalue weighted by atomic mass is 35.5. The average molecular weight is 425 g/mol. The Morgan fingerprint density at radius 1 is 1.15 bits per heavy atom. The molecule has 0 saturated heterocycles. The van der Waals surface area contributed by atoms with Crippen LogP contribution in [-0.2, 0) is 6.54 Å². The largest absolute Gasteiger partial charge is 0.494 e. The second-order valence-corrected chi connectivity index (χ2v) is 7.68. The van der Waals surface area contributed by atoms with Gasteiger partial charge in [0, 0.05) is 22.2 Å². The fraction of sp³-hybridized carbons (Fsp3) is 0.300. The third kappa shape index (κ3) is 7.37. The second kappa shape index (κ2) is 10.5. The maximum atomic E-state index is 12.3. The van der Waals surface area contributed by atoms with E-state index in [1.807, 2.05) is 0 Å². The molecule has 27 heavy (non-hydrogen) atoms. The summed E-state index contributed by atoms with van der Waals surface area (Å²) in [4.78, 5) is 12.3. The summed E-state index contributed by atoms with van der Waals surface area (Å²) in [7, 11) is 0. The van der Waals surface area contributed by atoms with Gasteiger partial charge in [-0.25, -0.2) is 0 Å². The number of carbonyl (C=O) groups excluding carboxylic acids is 1. The van der Waals surface area contributed by atoms with Crippen LogP contribution in [0, 0.1) is 5.92 Å². The Kier molecular flexibility index (Phi) is 8.35. The van der Waals surface area contributed by atoms with Crippen molar-refractivity contribution >= 4 is 46.4 Å². The summed E-state index contributed by atoms with van der Waals surface area (Å²) in [5.74, 6) is 1.04. The van der Waals surface area contributed by atoms with E-state index in [0.717, 1.165) is 17.7 Å². The van der Waals surface area contributed by atoms with Gasteiger partial charge in [-0.1, -0.05) is 43.1 Å². The molecular weight excluding hydrogens is 403 g/mol. The van der Waals surface area contributed by atoms with Gasteiger partial charge in [0.25, 0.3) is 5.91 Å². The molecule has 0 aliphatic carbocycles. The van der Waals surface area contributed by atoms with Crippen molar-refractivity contribution in [3.8, 4) is 5.75 Å². The number of amides is 1. The van der Waals surface area contributed by atoms with E-state index in [-0.39, 0.29) is 11.0 Å². The smallest absolute Gasteiger partial charge is 0.257 e. The molecule has 2 rings (SSSR count). The minimum absolute atomic E-state index is 0.225. The zero-order chi connectivity index (χ0) is 19.8. The molecule has 0 bridgehead atoms. The van der Waals surface area contributed by atoms with Gasteiger partial charge in [-0.05, 0) is 66.5 Å². The summed E-state index contributed by atoms with van der Waals surface area (Å²) in [6, 6.07) is 12.2. The number of ether oxygens (including phenoxy) is 1. The highest BCUT2D eigenvalue weighted by Crippen LogP contribution is 2.20. The Balaban J connectivity index is 1.82. The summed E-state index contributed by atoms with van der Waals surface area (Å²) in [5.41, 5.74) is 1.33. The number of hydrogen-bond acceptors (Lipinski definition) is 3. The predicted molar refractivity (Wildman–Crippen MR) is 115 cm³/mol. The van der Waals surface area contributed by atoms with Crippen molar-refractivity contribution in [1.82, 2.24) is 10.6 Å². The molecule has 0 radical (unpaired) electrons. The van der Waals surface area contributed by atoms with Gasteiger partial charge in [0.05, 0.1) is 6.61 Å².